The molecule has 0 saturated heterocycles. The summed E-state index contributed by atoms with van der Waals surface area (Å²) in [6.45, 7) is 0.538. The molecule has 0 spiro atoms. The summed E-state index contributed by atoms with van der Waals surface area (Å²) in [6.07, 6.45) is 1.81. The van der Waals surface area contributed by atoms with Crippen molar-refractivity contribution in [2.24, 2.45) is 4.99 Å². The van der Waals surface area contributed by atoms with Crippen LogP contribution in [0.1, 0.15) is 11.1 Å². The van der Waals surface area contributed by atoms with Gasteiger partial charge in [0, 0.05) is 11.6 Å². The molecule has 160 valence electrons. The van der Waals surface area contributed by atoms with Crippen molar-refractivity contribution in [3.05, 3.63) is 131 Å². The lowest BCUT2D eigenvalue weighted by atomic mass is 10.1. The smallest absolute Gasteiger partial charge is 0.344 e. The van der Waals surface area contributed by atoms with Gasteiger partial charge in [-0.1, -0.05) is 60.7 Å². The number of aliphatic imine (C=N–C) groups is 1. The van der Waals surface area contributed by atoms with E-state index in [9.17, 15) is 4.79 Å². The molecule has 5 rings (SSSR count). The second-order valence-corrected chi connectivity index (χ2v) is 7.63. The summed E-state index contributed by atoms with van der Waals surface area (Å²) in [6, 6.07) is 34.8. The van der Waals surface area contributed by atoms with Gasteiger partial charge in [0.25, 0.3) is 0 Å². The third kappa shape index (κ3) is 4.91. The van der Waals surface area contributed by atoms with E-state index in [1.54, 1.807) is 12.3 Å². The quantitative estimate of drug-likeness (QED) is 0.220. The number of para-hydroxylation sites is 1. The van der Waals surface area contributed by atoms with Crippen molar-refractivity contribution in [1.29, 1.82) is 0 Å². The Morgan fingerprint density at radius 3 is 2.30 bits per heavy atom. The Kier molecular flexibility index (Phi) is 5.81. The van der Waals surface area contributed by atoms with E-state index in [0.29, 0.717) is 17.8 Å². The van der Waals surface area contributed by atoms with Crippen molar-refractivity contribution in [3.63, 3.8) is 0 Å². The maximum absolute atomic E-state index is 12.4. The van der Waals surface area contributed by atoms with E-state index in [2.05, 4.69) is 4.99 Å². The predicted molar refractivity (Wildman–Crippen MR) is 132 cm³/mol. The van der Waals surface area contributed by atoms with Crippen LogP contribution in [0.2, 0.25) is 0 Å². The second kappa shape index (κ2) is 9.37. The van der Waals surface area contributed by atoms with E-state index in [-0.39, 0.29) is 5.63 Å². The normalized spacial score (nSPS) is 11.2. The van der Waals surface area contributed by atoms with E-state index in [0.717, 1.165) is 33.5 Å². The molecule has 0 aliphatic rings. The topological polar surface area (TPSA) is 51.8 Å². The van der Waals surface area contributed by atoms with Crippen LogP contribution in [-0.2, 0) is 6.61 Å². The van der Waals surface area contributed by atoms with Crippen LogP contribution in [0, 0.1) is 0 Å². The van der Waals surface area contributed by atoms with Gasteiger partial charge in [-0.25, -0.2) is 4.79 Å². The highest BCUT2D eigenvalue weighted by molar-refractivity contribution is 5.83. The Bertz CT molecular complexity index is 1450. The predicted octanol–water partition coefficient (Wildman–Crippen LogP) is 6.79. The molecule has 0 fully saturated rings. The molecule has 0 N–H and O–H groups in total. The van der Waals surface area contributed by atoms with E-state index >= 15 is 0 Å². The van der Waals surface area contributed by atoms with Gasteiger partial charge in [0.1, 0.15) is 17.9 Å². The van der Waals surface area contributed by atoms with Crippen molar-refractivity contribution < 1.29 is 9.15 Å². The molecule has 5 aromatic rings. The van der Waals surface area contributed by atoms with Crippen LogP contribution >= 0.6 is 0 Å². The molecule has 0 unspecified atom stereocenters. The summed E-state index contributed by atoms with van der Waals surface area (Å²) >= 11 is 0. The minimum atomic E-state index is -0.348. The second-order valence-electron chi connectivity index (χ2n) is 7.63. The van der Waals surface area contributed by atoms with Gasteiger partial charge in [-0.3, -0.25) is 4.99 Å². The van der Waals surface area contributed by atoms with Gasteiger partial charge >= 0.3 is 5.63 Å². The molecule has 0 bridgehead atoms. The van der Waals surface area contributed by atoms with Gasteiger partial charge < -0.3 is 9.15 Å². The average molecular weight is 431 g/mol. The lowest BCUT2D eigenvalue weighted by Gasteiger charge is -2.06. The molecule has 0 saturated carbocycles. The summed E-state index contributed by atoms with van der Waals surface area (Å²) < 4.78 is 11.3. The van der Waals surface area contributed by atoms with Gasteiger partial charge in [-0.15, -0.1) is 0 Å². The Morgan fingerprint density at radius 2 is 1.52 bits per heavy atom. The zero-order valence-electron chi connectivity index (χ0n) is 17.8. The van der Waals surface area contributed by atoms with Crippen LogP contribution in [0.25, 0.3) is 22.1 Å². The molecule has 4 nitrogen and oxygen atoms in total. The van der Waals surface area contributed by atoms with Crippen LogP contribution in [0.4, 0.5) is 5.69 Å². The molecule has 0 amide bonds. The molecule has 0 aliphatic carbocycles. The maximum atomic E-state index is 12.4. The summed E-state index contributed by atoms with van der Waals surface area (Å²) in [5, 5.41) is 0.894. The van der Waals surface area contributed by atoms with Gasteiger partial charge in [0.05, 0.1) is 11.3 Å². The molecule has 4 heteroatoms. The van der Waals surface area contributed by atoms with E-state index in [4.69, 9.17) is 9.15 Å². The molecule has 0 atom stereocenters. The van der Waals surface area contributed by atoms with E-state index in [1.807, 2.05) is 103 Å². The fourth-order valence-corrected chi connectivity index (χ4v) is 3.53. The first-order chi connectivity index (χ1) is 16.2. The van der Waals surface area contributed by atoms with Gasteiger partial charge in [-0.2, -0.15) is 0 Å². The molecular weight excluding hydrogens is 410 g/mol. The van der Waals surface area contributed by atoms with Gasteiger partial charge in [-0.05, 0) is 65.2 Å². The number of nitrogens with zero attached hydrogens (tertiary/aromatic N) is 1. The van der Waals surface area contributed by atoms with Crippen molar-refractivity contribution >= 4 is 22.9 Å². The molecule has 0 aliphatic heterocycles. The maximum Gasteiger partial charge on any atom is 0.344 e. The highest BCUT2D eigenvalue weighted by Crippen LogP contribution is 2.23. The Balaban J connectivity index is 1.26. The number of hydrogen-bond acceptors (Lipinski definition) is 4. The molecule has 33 heavy (non-hydrogen) atoms. The Hall–Kier alpha value is -4.44. The Labute approximate surface area is 191 Å². The molecular formula is C29H21NO3. The average Bonchev–Trinajstić information content (AvgIpc) is 2.87. The number of benzene rings is 4. The third-order valence-electron chi connectivity index (χ3n) is 5.31. The lowest BCUT2D eigenvalue weighted by molar-refractivity contribution is 0.306. The third-order valence-corrected chi connectivity index (χ3v) is 5.31. The Morgan fingerprint density at radius 1 is 0.788 bits per heavy atom. The van der Waals surface area contributed by atoms with Gasteiger partial charge in [0.2, 0.25) is 0 Å². The fraction of sp³-hybridized carbons (Fsp3) is 0.0345. The van der Waals surface area contributed by atoms with E-state index in [1.165, 1.54) is 0 Å². The monoisotopic (exact) mass is 431 g/mol. The first-order valence-corrected chi connectivity index (χ1v) is 10.7. The van der Waals surface area contributed by atoms with Crippen LogP contribution in [0.15, 0.2) is 123 Å². The molecule has 1 aromatic heterocycles. The first-order valence-electron chi connectivity index (χ1n) is 10.7. The van der Waals surface area contributed by atoms with Crippen LogP contribution in [-0.4, -0.2) is 6.21 Å². The van der Waals surface area contributed by atoms with Crippen LogP contribution in [0.3, 0.4) is 0 Å². The van der Waals surface area contributed by atoms with Crippen molar-refractivity contribution in [2.45, 2.75) is 6.61 Å². The van der Waals surface area contributed by atoms with Crippen LogP contribution < -0.4 is 10.4 Å². The highest BCUT2D eigenvalue weighted by atomic mass is 16.5. The van der Waals surface area contributed by atoms with E-state index < -0.39 is 0 Å². The first kappa shape index (κ1) is 20.5. The highest BCUT2D eigenvalue weighted by Gasteiger charge is 2.07. The molecule has 4 aromatic carbocycles. The SMILES string of the molecule is O=c1oc2ccccc2cc1-c1ccc(N=Cc2ccc(OCc3ccccc3)cc2)cc1. The van der Waals surface area contributed by atoms with Crippen LogP contribution in [0.5, 0.6) is 5.75 Å². The number of ether oxygens (including phenoxy) is 1. The molecule has 1 heterocycles. The summed E-state index contributed by atoms with van der Waals surface area (Å²) in [7, 11) is 0. The summed E-state index contributed by atoms with van der Waals surface area (Å²) in [5.41, 5.74) is 4.48. The fourth-order valence-electron chi connectivity index (χ4n) is 3.53. The van der Waals surface area contributed by atoms with Crippen molar-refractivity contribution in [3.8, 4) is 16.9 Å². The summed E-state index contributed by atoms with van der Waals surface area (Å²) in [4.78, 5) is 16.9. The minimum absolute atomic E-state index is 0.348. The number of hydrogen-bond donors (Lipinski definition) is 0. The molecule has 0 radical (unpaired) electrons. The van der Waals surface area contributed by atoms with Gasteiger partial charge in [0.15, 0.2) is 0 Å². The zero-order chi connectivity index (χ0) is 22.5. The largest absolute Gasteiger partial charge is 0.489 e. The van der Waals surface area contributed by atoms with Crippen molar-refractivity contribution in [1.82, 2.24) is 0 Å². The lowest BCUT2D eigenvalue weighted by Crippen LogP contribution is -2.02. The standard InChI is InChI=1S/C29H21NO3/c31-29-27(18-24-8-4-5-9-28(24)33-29)23-12-14-25(15-13-23)30-19-21-10-16-26(17-11-21)32-20-22-6-2-1-3-7-22/h1-19H,20H2. The van der Waals surface area contributed by atoms with Crippen molar-refractivity contribution in [2.75, 3.05) is 0 Å². The zero-order valence-corrected chi connectivity index (χ0v) is 17.8. The minimum Gasteiger partial charge on any atom is -0.489 e. The number of fused-ring (bicyclic) bond motifs is 1. The summed E-state index contributed by atoms with van der Waals surface area (Å²) in [5.74, 6) is 0.814. The number of rotatable bonds is 6.